The normalized spacial score (nSPS) is 9.09. The summed E-state index contributed by atoms with van der Waals surface area (Å²) in [5, 5.41) is 11.1. The van der Waals surface area contributed by atoms with E-state index in [2.05, 4.69) is 5.18 Å². The van der Waals surface area contributed by atoms with Gasteiger partial charge in [0.25, 0.3) is 0 Å². The molecule has 0 aliphatic heterocycles. The smallest absolute Gasteiger partial charge is 0.335 e. The number of rotatable bonds is 2. The second kappa shape index (κ2) is 2.92. The zero-order valence-electron chi connectivity index (χ0n) is 5.52. The third-order valence-electron chi connectivity index (χ3n) is 1.20. The lowest BCUT2D eigenvalue weighted by Crippen LogP contribution is -1.94. The maximum atomic E-state index is 10.3. The van der Waals surface area contributed by atoms with Gasteiger partial charge in [-0.2, -0.15) is 0 Å². The predicted octanol–water partition coefficient (Wildman–Crippen LogP) is 1.78. The van der Waals surface area contributed by atoms with Crippen LogP contribution in [0.1, 0.15) is 10.4 Å². The minimum Gasteiger partial charge on any atom is -0.478 e. The second-order valence-corrected chi connectivity index (χ2v) is 1.95. The Balaban J connectivity index is 3.10. The molecule has 0 bridgehead atoms. The maximum absolute atomic E-state index is 10.3. The largest absolute Gasteiger partial charge is 0.478 e. The Hall–Kier alpha value is -1.71. The van der Waals surface area contributed by atoms with Gasteiger partial charge in [0.05, 0.1) is 5.56 Å². The van der Waals surface area contributed by atoms with Crippen LogP contribution in [0.25, 0.3) is 0 Å². The summed E-state index contributed by atoms with van der Waals surface area (Å²) in [5.41, 5.74) is 0.201. The zero-order chi connectivity index (χ0) is 8.27. The van der Waals surface area contributed by atoms with Gasteiger partial charge in [0.2, 0.25) is 0 Å². The highest BCUT2D eigenvalue weighted by Crippen LogP contribution is 2.12. The van der Waals surface area contributed by atoms with Gasteiger partial charge in [-0.15, -0.1) is 4.91 Å². The average molecular weight is 151 g/mol. The summed E-state index contributed by atoms with van der Waals surface area (Å²) in [4.78, 5) is 20.3. The number of carbonyl (C=O) groups is 1. The number of hydrogen-bond donors (Lipinski definition) is 1. The Morgan fingerprint density at radius 2 is 2.18 bits per heavy atom. The fourth-order valence-corrected chi connectivity index (χ4v) is 0.696. The van der Waals surface area contributed by atoms with E-state index in [4.69, 9.17) is 5.11 Å². The van der Waals surface area contributed by atoms with Crippen LogP contribution in [0.2, 0.25) is 0 Å². The van der Waals surface area contributed by atoms with Crippen molar-refractivity contribution < 1.29 is 9.90 Å². The molecular weight excluding hydrogens is 146 g/mol. The summed E-state index contributed by atoms with van der Waals surface area (Å²) < 4.78 is 0. The molecule has 0 saturated carbocycles. The highest BCUT2D eigenvalue weighted by molar-refractivity contribution is 5.88. The molecule has 0 heterocycles. The molecule has 1 aromatic carbocycles. The SMILES string of the molecule is O=Nc1cccc(C(=O)O)c1. The lowest BCUT2D eigenvalue weighted by molar-refractivity contribution is 0.0697. The molecule has 11 heavy (non-hydrogen) atoms. The van der Waals surface area contributed by atoms with E-state index in [1.165, 1.54) is 24.3 Å². The molecule has 0 atom stereocenters. The first-order valence-electron chi connectivity index (χ1n) is 2.91. The van der Waals surface area contributed by atoms with Crippen molar-refractivity contribution in [2.45, 2.75) is 0 Å². The molecule has 0 unspecified atom stereocenters. The van der Waals surface area contributed by atoms with E-state index in [-0.39, 0.29) is 11.3 Å². The van der Waals surface area contributed by atoms with Crippen LogP contribution in [-0.2, 0) is 0 Å². The van der Waals surface area contributed by atoms with E-state index < -0.39 is 5.97 Å². The van der Waals surface area contributed by atoms with Crippen LogP contribution in [-0.4, -0.2) is 11.1 Å². The third-order valence-corrected chi connectivity index (χ3v) is 1.20. The first-order chi connectivity index (χ1) is 5.24. The van der Waals surface area contributed by atoms with Crippen LogP contribution in [0.3, 0.4) is 0 Å². The van der Waals surface area contributed by atoms with Crippen LogP contribution < -0.4 is 0 Å². The zero-order valence-corrected chi connectivity index (χ0v) is 5.52. The van der Waals surface area contributed by atoms with Crippen LogP contribution in [0.15, 0.2) is 29.4 Å². The molecule has 0 aliphatic rings. The van der Waals surface area contributed by atoms with Crippen molar-refractivity contribution >= 4 is 11.7 Å². The first kappa shape index (κ1) is 7.40. The first-order valence-corrected chi connectivity index (χ1v) is 2.91. The number of carboxylic acids is 1. The van der Waals surface area contributed by atoms with Gasteiger partial charge in [0.15, 0.2) is 0 Å². The van der Waals surface area contributed by atoms with Gasteiger partial charge in [-0.1, -0.05) is 6.07 Å². The number of nitrogens with zero attached hydrogens (tertiary/aromatic N) is 1. The fourth-order valence-electron chi connectivity index (χ4n) is 0.696. The van der Waals surface area contributed by atoms with E-state index in [9.17, 15) is 9.70 Å². The summed E-state index contributed by atoms with van der Waals surface area (Å²) >= 11 is 0. The van der Waals surface area contributed by atoms with E-state index in [1.54, 1.807) is 0 Å². The Labute approximate surface area is 62.4 Å². The van der Waals surface area contributed by atoms with Crippen LogP contribution in [0, 0.1) is 4.91 Å². The lowest BCUT2D eigenvalue weighted by atomic mass is 10.2. The molecule has 0 amide bonds. The Morgan fingerprint density at radius 1 is 1.45 bits per heavy atom. The number of aromatic carboxylic acids is 1. The number of carboxylic acid groups (broad SMARTS) is 1. The predicted molar refractivity (Wildman–Crippen MR) is 38.9 cm³/mol. The molecule has 1 rings (SSSR count). The Kier molecular flexibility index (Phi) is 1.96. The van der Waals surface area contributed by atoms with E-state index >= 15 is 0 Å². The van der Waals surface area contributed by atoms with Gasteiger partial charge < -0.3 is 5.11 Å². The Bertz CT molecular complexity index is 295. The van der Waals surface area contributed by atoms with Crippen molar-refractivity contribution in [3.63, 3.8) is 0 Å². The molecule has 0 spiro atoms. The van der Waals surface area contributed by atoms with Crippen molar-refractivity contribution in [3.8, 4) is 0 Å². The quantitative estimate of drug-likeness (QED) is 0.655. The molecule has 4 heteroatoms. The highest BCUT2D eigenvalue weighted by atomic mass is 16.4. The van der Waals surface area contributed by atoms with E-state index in [0.29, 0.717) is 0 Å². The molecule has 1 N–H and O–H groups in total. The molecule has 0 saturated heterocycles. The lowest BCUT2D eigenvalue weighted by Gasteiger charge is -1.91. The molecule has 0 radical (unpaired) electrons. The standard InChI is InChI=1S/C7H5NO3/c9-7(10)5-2-1-3-6(4-5)8-11/h1-4H,(H,9,10). The van der Waals surface area contributed by atoms with Crippen molar-refractivity contribution in [2.24, 2.45) is 5.18 Å². The van der Waals surface area contributed by atoms with E-state index in [0.717, 1.165) is 0 Å². The third kappa shape index (κ3) is 1.61. The molecule has 4 nitrogen and oxygen atoms in total. The van der Waals surface area contributed by atoms with Gasteiger partial charge >= 0.3 is 5.97 Å². The molecule has 1 aromatic rings. The van der Waals surface area contributed by atoms with Gasteiger partial charge in [0, 0.05) is 0 Å². The number of hydrogen-bond acceptors (Lipinski definition) is 3. The topological polar surface area (TPSA) is 66.7 Å². The van der Waals surface area contributed by atoms with Crippen molar-refractivity contribution in [1.82, 2.24) is 0 Å². The number of benzene rings is 1. The van der Waals surface area contributed by atoms with Crippen molar-refractivity contribution in [2.75, 3.05) is 0 Å². The van der Waals surface area contributed by atoms with Crippen LogP contribution >= 0.6 is 0 Å². The monoisotopic (exact) mass is 151 g/mol. The minimum atomic E-state index is -1.06. The summed E-state index contributed by atoms with van der Waals surface area (Å²) in [6.45, 7) is 0. The average Bonchev–Trinajstić information content (AvgIpc) is 2.05. The summed E-state index contributed by atoms with van der Waals surface area (Å²) in [7, 11) is 0. The molecule has 0 aliphatic carbocycles. The number of nitroso groups, excluding NO2 is 1. The second-order valence-electron chi connectivity index (χ2n) is 1.95. The summed E-state index contributed by atoms with van der Waals surface area (Å²) in [6.07, 6.45) is 0. The maximum Gasteiger partial charge on any atom is 0.335 e. The highest BCUT2D eigenvalue weighted by Gasteiger charge is 2.01. The van der Waals surface area contributed by atoms with Gasteiger partial charge in [-0.3, -0.25) is 0 Å². The minimum absolute atomic E-state index is 0.0714. The van der Waals surface area contributed by atoms with Gasteiger partial charge in [-0.05, 0) is 23.4 Å². The van der Waals surface area contributed by atoms with Crippen LogP contribution in [0.4, 0.5) is 5.69 Å². The van der Waals surface area contributed by atoms with E-state index in [1.807, 2.05) is 0 Å². The molecule has 0 aromatic heterocycles. The van der Waals surface area contributed by atoms with Crippen LogP contribution in [0.5, 0.6) is 0 Å². The molecule has 56 valence electrons. The van der Waals surface area contributed by atoms with Crippen molar-refractivity contribution in [3.05, 3.63) is 34.7 Å². The summed E-state index contributed by atoms with van der Waals surface area (Å²) in [6, 6.07) is 5.53. The fraction of sp³-hybridized carbons (Fsp3) is 0. The van der Waals surface area contributed by atoms with Gasteiger partial charge in [-0.25, -0.2) is 4.79 Å². The molecule has 0 fully saturated rings. The van der Waals surface area contributed by atoms with Gasteiger partial charge in [0.1, 0.15) is 5.69 Å². The molecular formula is C7H5NO3. The Morgan fingerprint density at radius 3 is 2.73 bits per heavy atom. The van der Waals surface area contributed by atoms with Crippen molar-refractivity contribution in [1.29, 1.82) is 0 Å². The summed E-state index contributed by atoms with van der Waals surface area (Å²) in [5.74, 6) is -1.06.